The summed E-state index contributed by atoms with van der Waals surface area (Å²) in [5.41, 5.74) is 2.21. The summed E-state index contributed by atoms with van der Waals surface area (Å²) in [6.07, 6.45) is 0. The van der Waals surface area contributed by atoms with Crippen molar-refractivity contribution < 1.29 is 5.11 Å². The molecule has 2 heteroatoms. The van der Waals surface area contributed by atoms with Crippen molar-refractivity contribution in [1.82, 2.24) is 5.32 Å². The van der Waals surface area contributed by atoms with Crippen LogP contribution < -0.4 is 5.32 Å². The molecule has 0 spiro atoms. The Morgan fingerprint density at radius 2 is 2.15 bits per heavy atom. The quantitative estimate of drug-likeness (QED) is 0.744. The fraction of sp³-hybridized carbons (Fsp3) is 0.455. The van der Waals surface area contributed by atoms with Gasteiger partial charge in [0.05, 0.1) is 0 Å². The molecule has 0 bridgehead atoms. The Labute approximate surface area is 79.6 Å². The molecule has 0 saturated carbocycles. The van der Waals surface area contributed by atoms with E-state index in [-0.39, 0.29) is 0 Å². The van der Waals surface area contributed by atoms with Crippen LogP contribution in [0.15, 0.2) is 18.2 Å². The molecule has 2 nitrogen and oxygen atoms in total. The van der Waals surface area contributed by atoms with Crippen LogP contribution in [-0.2, 0) is 0 Å². The number of hydrogen-bond donors (Lipinski definition) is 2. The fourth-order valence-electron chi connectivity index (χ4n) is 1.59. The standard InChI is InChI=1S/C11H17NO/c1-8(7-12-3)10-5-4-6-11(13)9(10)2/h4-6,8,12-13H,7H2,1-3H3. The number of nitrogens with one attached hydrogen (secondary N) is 1. The first-order valence-electron chi connectivity index (χ1n) is 4.60. The van der Waals surface area contributed by atoms with Crippen molar-refractivity contribution in [1.29, 1.82) is 0 Å². The van der Waals surface area contributed by atoms with Crippen LogP contribution >= 0.6 is 0 Å². The molecule has 1 rings (SSSR count). The van der Waals surface area contributed by atoms with Gasteiger partial charge in [-0.15, -0.1) is 0 Å². The van der Waals surface area contributed by atoms with E-state index in [2.05, 4.69) is 18.3 Å². The van der Waals surface area contributed by atoms with Gasteiger partial charge in [-0.1, -0.05) is 19.1 Å². The summed E-state index contributed by atoms with van der Waals surface area (Å²) in [6, 6.07) is 5.69. The summed E-state index contributed by atoms with van der Waals surface area (Å²) in [4.78, 5) is 0. The molecule has 72 valence electrons. The topological polar surface area (TPSA) is 32.3 Å². The molecule has 0 aliphatic rings. The predicted octanol–water partition coefficient (Wildman–Crippen LogP) is 2.02. The molecule has 0 aliphatic heterocycles. The lowest BCUT2D eigenvalue weighted by molar-refractivity contribution is 0.469. The van der Waals surface area contributed by atoms with Gasteiger partial charge in [0.2, 0.25) is 0 Å². The van der Waals surface area contributed by atoms with Crippen LogP contribution in [-0.4, -0.2) is 18.7 Å². The Morgan fingerprint density at radius 1 is 1.46 bits per heavy atom. The highest BCUT2D eigenvalue weighted by Crippen LogP contribution is 2.25. The van der Waals surface area contributed by atoms with Gasteiger partial charge in [0.25, 0.3) is 0 Å². The molecular formula is C11H17NO. The van der Waals surface area contributed by atoms with Gasteiger partial charge in [-0.05, 0) is 37.1 Å². The van der Waals surface area contributed by atoms with Gasteiger partial charge in [-0.25, -0.2) is 0 Å². The number of benzene rings is 1. The smallest absolute Gasteiger partial charge is 0.118 e. The second-order valence-corrected chi connectivity index (χ2v) is 3.45. The highest BCUT2D eigenvalue weighted by Gasteiger charge is 2.09. The van der Waals surface area contributed by atoms with Crippen molar-refractivity contribution in [2.45, 2.75) is 19.8 Å². The first-order chi connectivity index (χ1) is 6.16. The number of phenolic OH excluding ortho intramolecular Hbond substituents is 1. The van der Waals surface area contributed by atoms with E-state index in [9.17, 15) is 5.11 Å². The third-order valence-electron chi connectivity index (χ3n) is 2.39. The maximum atomic E-state index is 9.50. The van der Waals surface area contributed by atoms with Crippen molar-refractivity contribution in [3.63, 3.8) is 0 Å². The van der Waals surface area contributed by atoms with Crippen molar-refractivity contribution >= 4 is 0 Å². The van der Waals surface area contributed by atoms with Crippen molar-refractivity contribution in [3.05, 3.63) is 29.3 Å². The normalized spacial score (nSPS) is 12.8. The Morgan fingerprint density at radius 3 is 2.77 bits per heavy atom. The number of hydrogen-bond acceptors (Lipinski definition) is 2. The van der Waals surface area contributed by atoms with Crippen LogP contribution in [0.25, 0.3) is 0 Å². The van der Waals surface area contributed by atoms with E-state index in [4.69, 9.17) is 0 Å². The number of aromatic hydroxyl groups is 1. The zero-order valence-electron chi connectivity index (χ0n) is 8.46. The van der Waals surface area contributed by atoms with E-state index < -0.39 is 0 Å². The lowest BCUT2D eigenvalue weighted by Gasteiger charge is -2.14. The van der Waals surface area contributed by atoms with E-state index in [1.807, 2.05) is 20.0 Å². The summed E-state index contributed by atoms with van der Waals surface area (Å²) in [5, 5.41) is 12.6. The van der Waals surface area contributed by atoms with Gasteiger partial charge in [-0.2, -0.15) is 0 Å². The third-order valence-corrected chi connectivity index (χ3v) is 2.39. The lowest BCUT2D eigenvalue weighted by atomic mass is 9.96. The zero-order valence-corrected chi connectivity index (χ0v) is 8.46. The maximum Gasteiger partial charge on any atom is 0.118 e. The van der Waals surface area contributed by atoms with Gasteiger partial charge < -0.3 is 10.4 Å². The van der Waals surface area contributed by atoms with E-state index in [1.54, 1.807) is 6.07 Å². The average molecular weight is 179 g/mol. The van der Waals surface area contributed by atoms with E-state index >= 15 is 0 Å². The minimum Gasteiger partial charge on any atom is -0.508 e. The van der Waals surface area contributed by atoms with Gasteiger partial charge in [0.1, 0.15) is 5.75 Å². The summed E-state index contributed by atoms with van der Waals surface area (Å²) in [6.45, 7) is 5.04. The molecule has 1 aromatic carbocycles. The molecule has 0 aromatic heterocycles. The SMILES string of the molecule is CNCC(C)c1cccc(O)c1C. The van der Waals surface area contributed by atoms with Crippen LogP contribution in [0, 0.1) is 6.92 Å². The molecule has 1 aromatic rings. The molecular weight excluding hydrogens is 162 g/mol. The molecule has 2 N–H and O–H groups in total. The van der Waals surface area contributed by atoms with Crippen LogP contribution in [0.5, 0.6) is 5.75 Å². The van der Waals surface area contributed by atoms with Crippen LogP contribution in [0.2, 0.25) is 0 Å². The first kappa shape index (κ1) is 10.1. The summed E-state index contributed by atoms with van der Waals surface area (Å²) in [5.74, 6) is 0.831. The molecule has 1 atom stereocenters. The number of phenols is 1. The first-order valence-corrected chi connectivity index (χ1v) is 4.60. The van der Waals surface area contributed by atoms with E-state index in [1.165, 1.54) is 5.56 Å². The van der Waals surface area contributed by atoms with Gasteiger partial charge >= 0.3 is 0 Å². The highest BCUT2D eigenvalue weighted by atomic mass is 16.3. The minimum atomic E-state index is 0.389. The van der Waals surface area contributed by atoms with Crippen molar-refractivity contribution in [2.24, 2.45) is 0 Å². The van der Waals surface area contributed by atoms with E-state index in [0.717, 1.165) is 12.1 Å². The van der Waals surface area contributed by atoms with E-state index in [0.29, 0.717) is 11.7 Å². The van der Waals surface area contributed by atoms with Gasteiger partial charge in [0.15, 0.2) is 0 Å². The number of rotatable bonds is 3. The van der Waals surface area contributed by atoms with Crippen LogP contribution in [0.3, 0.4) is 0 Å². The van der Waals surface area contributed by atoms with Crippen LogP contribution in [0.4, 0.5) is 0 Å². The zero-order chi connectivity index (χ0) is 9.84. The Kier molecular flexibility index (Phi) is 3.32. The molecule has 0 amide bonds. The molecule has 0 heterocycles. The third kappa shape index (κ3) is 2.22. The molecule has 1 unspecified atom stereocenters. The Hall–Kier alpha value is -1.02. The molecule has 0 saturated heterocycles. The second-order valence-electron chi connectivity index (χ2n) is 3.45. The van der Waals surface area contributed by atoms with Gasteiger partial charge in [0, 0.05) is 6.54 Å². The average Bonchev–Trinajstić information content (AvgIpc) is 2.10. The van der Waals surface area contributed by atoms with Crippen molar-refractivity contribution in [3.8, 4) is 5.75 Å². The van der Waals surface area contributed by atoms with Crippen molar-refractivity contribution in [2.75, 3.05) is 13.6 Å². The second kappa shape index (κ2) is 4.28. The Balaban J connectivity index is 2.93. The summed E-state index contributed by atoms with van der Waals surface area (Å²) >= 11 is 0. The monoisotopic (exact) mass is 179 g/mol. The molecule has 0 aliphatic carbocycles. The van der Waals surface area contributed by atoms with Crippen LogP contribution in [0.1, 0.15) is 24.0 Å². The molecule has 13 heavy (non-hydrogen) atoms. The molecule has 0 radical (unpaired) electrons. The Bertz CT molecular complexity index is 283. The molecule has 0 fully saturated rings. The summed E-state index contributed by atoms with van der Waals surface area (Å²) in [7, 11) is 1.94. The maximum absolute atomic E-state index is 9.50. The predicted molar refractivity (Wildman–Crippen MR) is 55.2 cm³/mol. The minimum absolute atomic E-state index is 0.389. The fourth-order valence-corrected chi connectivity index (χ4v) is 1.59. The summed E-state index contributed by atoms with van der Waals surface area (Å²) < 4.78 is 0. The number of likely N-dealkylation sites (N-methyl/N-ethyl adjacent to an activating group) is 1. The largest absolute Gasteiger partial charge is 0.508 e. The lowest BCUT2D eigenvalue weighted by Crippen LogP contribution is -2.15. The highest BCUT2D eigenvalue weighted by molar-refractivity contribution is 5.39. The van der Waals surface area contributed by atoms with Gasteiger partial charge in [-0.3, -0.25) is 0 Å².